The highest BCUT2D eigenvalue weighted by molar-refractivity contribution is 6.28. The quantitative estimate of drug-likeness (QED) is 0.746. The molecule has 0 aromatic heterocycles. The van der Waals surface area contributed by atoms with Crippen molar-refractivity contribution in [2.75, 3.05) is 12.4 Å². The van der Waals surface area contributed by atoms with Gasteiger partial charge in [-0.15, -0.1) is 11.6 Å². The summed E-state index contributed by atoms with van der Waals surface area (Å²) < 4.78 is 0. The molecule has 0 saturated heterocycles. The van der Waals surface area contributed by atoms with E-state index in [9.17, 15) is 9.59 Å². The van der Waals surface area contributed by atoms with Gasteiger partial charge in [0, 0.05) is 6.54 Å². The Hall–Kier alpha value is -0.770. The first-order chi connectivity index (χ1) is 7.72. The van der Waals surface area contributed by atoms with Crippen molar-refractivity contribution in [3.05, 3.63) is 0 Å². The van der Waals surface area contributed by atoms with Crippen LogP contribution in [-0.2, 0) is 4.79 Å². The third-order valence-electron chi connectivity index (χ3n) is 2.94. The van der Waals surface area contributed by atoms with E-state index < -0.39 is 11.9 Å². The molecule has 0 unspecified atom stereocenters. The molecule has 0 atom stereocenters. The van der Waals surface area contributed by atoms with Crippen LogP contribution in [0.5, 0.6) is 0 Å². The maximum atomic E-state index is 11.2. The number of amides is 3. The second kappa shape index (κ2) is 7.49. The summed E-state index contributed by atoms with van der Waals surface area (Å²) in [5.74, 6) is 0.0883. The Balaban J connectivity index is 2.05. The highest BCUT2D eigenvalue weighted by Crippen LogP contribution is 2.25. The summed E-state index contributed by atoms with van der Waals surface area (Å²) in [5, 5.41) is 4.81. The molecule has 1 aliphatic rings. The lowest BCUT2D eigenvalue weighted by atomic mass is 9.87. The lowest BCUT2D eigenvalue weighted by molar-refractivity contribution is -0.117. The third kappa shape index (κ3) is 5.35. The minimum atomic E-state index is -0.461. The number of urea groups is 1. The second-order valence-electron chi connectivity index (χ2n) is 4.23. The number of imide groups is 1. The largest absolute Gasteiger partial charge is 0.338 e. The van der Waals surface area contributed by atoms with Gasteiger partial charge in [0.25, 0.3) is 0 Å². The molecule has 5 heteroatoms. The maximum Gasteiger partial charge on any atom is 0.321 e. The number of nitrogens with one attached hydrogen (secondary N) is 2. The van der Waals surface area contributed by atoms with Gasteiger partial charge in [-0.1, -0.05) is 32.1 Å². The zero-order chi connectivity index (χ0) is 11.8. The van der Waals surface area contributed by atoms with Gasteiger partial charge in [0.1, 0.15) is 5.88 Å². The molecule has 92 valence electrons. The number of carbonyl (C=O) groups excluding carboxylic acids is 2. The highest BCUT2D eigenvalue weighted by Gasteiger charge is 2.13. The summed E-state index contributed by atoms with van der Waals surface area (Å²) in [5.41, 5.74) is 0. The van der Waals surface area contributed by atoms with Crippen molar-refractivity contribution in [1.29, 1.82) is 0 Å². The average Bonchev–Trinajstić information content (AvgIpc) is 2.30. The Morgan fingerprint density at radius 3 is 2.50 bits per heavy atom. The SMILES string of the molecule is O=C(CCl)NC(=O)NCCC1CCCCC1. The number of halogens is 1. The molecule has 4 nitrogen and oxygen atoms in total. The molecular weight excluding hydrogens is 228 g/mol. The van der Waals surface area contributed by atoms with Crippen molar-refractivity contribution in [2.45, 2.75) is 38.5 Å². The van der Waals surface area contributed by atoms with E-state index in [-0.39, 0.29) is 5.88 Å². The third-order valence-corrected chi connectivity index (χ3v) is 3.18. The van der Waals surface area contributed by atoms with Gasteiger partial charge in [-0.2, -0.15) is 0 Å². The minimum absolute atomic E-state index is 0.184. The molecule has 16 heavy (non-hydrogen) atoms. The van der Waals surface area contributed by atoms with Gasteiger partial charge in [0.2, 0.25) is 5.91 Å². The molecule has 1 rings (SSSR count). The molecule has 1 saturated carbocycles. The predicted molar refractivity (Wildman–Crippen MR) is 63.5 cm³/mol. The van der Waals surface area contributed by atoms with Gasteiger partial charge in [-0.05, 0) is 12.3 Å². The van der Waals surface area contributed by atoms with E-state index in [0.29, 0.717) is 6.54 Å². The van der Waals surface area contributed by atoms with Crippen LogP contribution in [0.4, 0.5) is 4.79 Å². The lowest BCUT2D eigenvalue weighted by Gasteiger charge is -2.21. The molecule has 2 N–H and O–H groups in total. The molecule has 1 aliphatic carbocycles. The molecule has 1 fully saturated rings. The molecule has 0 aliphatic heterocycles. The molecule has 0 aromatic rings. The van der Waals surface area contributed by atoms with Crippen LogP contribution in [0.25, 0.3) is 0 Å². The van der Waals surface area contributed by atoms with Crippen molar-refractivity contribution in [3.8, 4) is 0 Å². The first-order valence-electron chi connectivity index (χ1n) is 5.86. The first-order valence-corrected chi connectivity index (χ1v) is 6.39. The number of hydrogen-bond acceptors (Lipinski definition) is 2. The molecular formula is C11H19ClN2O2. The molecule has 0 bridgehead atoms. The summed E-state index contributed by atoms with van der Waals surface area (Å²) in [4.78, 5) is 21.9. The van der Waals surface area contributed by atoms with Crippen LogP contribution in [-0.4, -0.2) is 24.4 Å². The van der Waals surface area contributed by atoms with Crippen LogP contribution in [0, 0.1) is 5.92 Å². The van der Waals surface area contributed by atoms with E-state index in [1.165, 1.54) is 32.1 Å². The van der Waals surface area contributed by atoms with Crippen LogP contribution >= 0.6 is 11.6 Å². The second-order valence-corrected chi connectivity index (χ2v) is 4.50. The highest BCUT2D eigenvalue weighted by atomic mass is 35.5. The maximum absolute atomic E-state index is 11.2. The number of carbonyl (C=O) groups is 2. The molecule has 0 aromatic carbocycles. The van der Waals surface area contributed by atoms with E-state index in [4.69, 9.17) is 11.6 Å². The molecule has 0 heterocycles. The fourth-order valence-electron chi connectivity index (χ4n) is 2.07. The fourth-order valence-corrected chi connectivity index (χ4v) is 2.14. The average molecular weight is 247 g/mol. The van der Waals surface area contributed by atoms with Crippen molar-refractivity contribution in [2.24, 2.45) is 5.92 Å². The summed E-state index contributed by atoms with van der Waals surface area (Å²) >= 11 is 5.26. The van der Waals surface area contributed by atoms with E-state index in [2.05, 4.69) is 10.6 Å². The summed E-state index contributed by atoms with van der Waals surface area (Å²) in [6.45, 7) is 0.631. The molecule has 0 radical (unpaired) electrons. The lowest BCUT2D eigenvalue weighted by Crippen LogP contribution is -2.40. The molecule has 0 spiro atoms. The Labute approximate surface area is 101 Å². The van der Waals surface area contributed by atoms with Gasteiger partial charge in [0.15, 0.2) is 0 Å². The van der Waals surface area contributed by atoms with E-state index in [1.807, 2.05) is 0 Å². The summed E-state index contributed by atoms with van der Waals surface area (Å²) in [6.07, 6.45) is 7.49. The zero-order valence-corrected chi connectivity index (χ0v) is 10.2. The Bertz CT molecular complexity index is 240. The van der Waals surface area contributed by atoms with Crippen molar-refractivity contribution >= 4 is 23.5 Å². The summed E-state index contributed by atoms with van der Waals surface area (Å²) in [6, 6.07) is -0.443. The smallest absolute Gasteiger partial charge is 0.321 e. The summed E-state index contributed by atoms with van der Waals surface area (Å²) in [7, 11) is 0. The Morgan fingerprint density at radius 1 is 1.19 bits per heavy atom. The van der Waals surface area contributed by atoms with Crippen molar-refractivity contribution in [3.63, 3.8) is 0 Å². The van der Waals surface area contributed by atoms with Crippen molar-refractivity contribution in [1.82, 2.24) is 10.6 Å². The van der Waals surface area contributed by atoms with Crippen LogP contribution < -0.4 is 10.6 Å². The normalized spacial score (nSPS) is 16.8. The van der Waals surface area contributed by atoms with Gasteiger partial charge < -0.3 is 5.32 Å². The van der Waals surface area contributed by atoms with E-state index >= 15 is 0 Å². The van der Waals surface area contributed by atoms with Crippen LogP contribution in [0.3, 0.4) is 0 Å². The number of alkyl halides is 1. The minimum Gasteiger partial charge on any atom is -0.338 e. The van der Waals surface area contributed by atoms with Crippen molar-refractivity contribution < 1.29 is 9.59 Å². The number of rotatable bonds is 4. The zero-order valence-electron chi connectivity index (χ0n) is 9.43. The van der Waals surface area contributed by atoms with Gasteiger partial charge in [-0.25, -0.2) is 4.79 Å². The standard InChI is InChI=1S/C11H19ClN2O2/c12-8-10(15)14-11(16)13-7-6-9-4-2-1-3-5-9/h9H,1-8H2,(H2,13,14,15,16). The fraction of sp³-hybridized carbons (Fsp3) is 0.818. The van der Waals surface area contributed by atoms with E-state index in [1.54, 1.807) is 0 Å². The van der Waals surface area contributed by atoms with Crippen LogP contribution in [0.2, 0.25) is 0 Å². The number of hydrogen-bond donors (Lipinski definition) is 2. The Morgan fingerprint density at radius 2 is 1.88 bits per heavy atom. The van der Waals surface area contributed by atoms with Crippen LogP contribution in [0.1, 0.15) is 38.5 Å². The monoisotopic (exact) mass is 246 g/mol. The van der Waals surface area contributed by atoms with Gasteiger partial charge in [-0.3, -0.25) is 10.1 Å². The predicted octanol–water partition coefficient (Wildman–Crippen LogP) is 2.02. The van der Waals surface area contributed by atoms with Gasteiger partial charge in [0.05, 0.1) is 0 Å². The molecule has 3 amide bonds. The van der Waals surface area contributed by atoms with Crippen LogP contribution in [0.15, 0.2) is 0 Å². The topological polar surface area (TPSA) is 58.2 Å². The Kier molecular flexibility index (Phi) is 6.23. The van der Waals surface area contributed by atoms with Gasteiger partial charge >= 0.3 is 6.03 Å². The van der Waals surface area contributed by atoms with E-state index in [0.717, 1.165) is 12.3 Å². The first kappa shape index (κ1) is 13.3.